The van der Waals surface area contributed by atoms with Crippen molar-refractivity contribution in [3.05, 3.63) is 0 Å². The van der Waals surface area contributed by atoms with Crippen molar-refractivity contribution < 1.29 is 7.77 Å². The summed E-state index contributed by atoms with van der Waals surface area (Å²) < 4.78 is 24.9. The maximum atomic E-state index is 13.1. The summed E-state index contributed by atoms with van der Waals surface area (Å²) in [4.78, 5) is 0. The lowest BCUT2D eigenvalue weighted by molar-refractivity contribution is 0.543. The highest BCUT2D eigenvalue weighted by atomic mass is 32.3. The van der Waals surface area contributed by atoms with Gasteiger partial charge in [-0.05, 0) is 13.3 Å². The molecule has 1 unspecified atom stereocenters. The first kappa shape index (κ1) is 12.2. The molecule has 0 N–H and O–H groups in total. The Morgan fingerprint density at radius 1 is 1.31 bits per heavy atom. The molecule has 74 valence electrons. The van der Waals surface area contributed by atoms with Crippen molar-refractivity contribution in [3.8, 4) is 12.1 Å². The van der Waals surface area contributed by atoms with Gasteiger partial charge in [0.15, 0.2) is 0 Å². The molecule has 0 aromatic heterocycles. The van der Waals surface area contributed by atoms with Crippen LogP contribution in [-0.4, -0.2) is 11.0 Å². The number of nitriles is 2. The summed E-state index contributed by atoms with van der Waals surface area (Å²) in [5, 5.41) is 16.7. The summed E-state index contributed by atoms with van der Waals surface area (Å²) in [6, 6.07) is 3.58. The largest absolute Gasteiger partial charge is 0.198 e. The Morgan fingerprint density at radius 3 is 2.15 bits per heavy atom. The predicted octanol–water partition coefficient (Wildman–Crippen LogP) is 3.17. The zero-order valence-electron chi connectivity index (χ0n) is 7.68. The van der Waals surface area contributed by atoms with Crippen molar-refractivity contribution in [3.63, 3.8) is 0 Å². The average molecular weight is 206 g/mol. The molecule has 0 saturated heterocycles. The number of nitrogens with zero attached hydrogens (tertiary/aromatic N) is 2. The highest BCUT2D eigenvalue weighted by molar-refractivity contribution is 8.25. The molecule has 0 rings (SSSR count). The summed E-state index contributed by atoms with van der Waals surface area (Å²) in [6.07, 6.45) is 0.861. The van der Waals surface area contributed by atoms with Crippen molar-refractivity contribution in [2.45, 2.75) is 30.9 Å². The van der Waals surface area contributed by atoms with Gasteiger partial charge < -0.3 is 0 Å². The molecule has 0 saturated carbocycles. The molecule has 0 aliphatic rings. The second-order valence-corrected chi connectivity index (χ2v) is 5.60. The van der Waals surface area contributed by atoms with E-state index in [9.17, 15) is 7.77 Å². The van der Waals surface area contributed by atoms with Crippen LogP contribution in [0.2, 0.25) is 0 Å². The average Bonchev–Trinajstić information content (AvgIpc) is 1.99. The van der Waals surface area contributed by atoms with E-state index in [-0.39, 0.29) is 19.3 Å². The van der Waals surface area contributed by atoms with Gasteiger partial charge in [-0.25, -0.2) is 0 Å². The molecule has 5 heteroatoms. The van der Waals surface area contributed by atoms with Gasteiger partial charge in [0.05, 0.1) is 34.1 Å². The monoisotopic (exact) mass is 206 g/mol. The Labute approximate surface area is 79.1 Å². The van der Waals surface area contributed by atoms with Crippen LogP contribution in [0.15, 0.2) is 0 Å². The molecule has 0 spiro atoms. The molecule has 0 amide bonds. The third-order valence-electron chi connectivity index (χ3n) is 2.08. The summed E-state index contributed by atoms with van der Waals surface area (Å²) in [7, 11) is -3.77. The van der Waals surface area contributed by atoms with E-state index in [1.807, 2.05) is 6.07 Å². The van der Waals surface area contributed by atoms with E-state index in [0.717, 1.165) is 6.26 Å². The van der Waals surface area contributed by atoms with Gasteiger partial charge in [-0.15, -0.1) is 0 Å². The minimum Gasteiger partial charge on any atom is -0.198 e. The summed E-state index contributed by atoms with van der Waals surface area (Å²) in [5.41, 5.74) is 0. The lowest BCUT2D eigenvalue weighted by atomic mass is 10.0. The van der Waals surface area contributed by atoms with Gasteiger partial charge in [0.1, 0.15) is 0 Å². The van der Waals surface area contributed by atoms with E-state index < -0.39 is 15.5 Å². The molecular weight excluding hydrogens is 194 g/mol. The third-order valence-corrected chi connectivity index (χ3v) is 4.16. The second-order valence-electron chi connectivity index (χ2n) is 3.17. The van der Waals surface area contributed by atoms with E-state index in [2.05, 4.69) is 0 Å². The Balaban J connectivity index is 4.57. The van der Waals surface area contributed by atoms with Crippen LogP contribution in [0.3, 0.4) is 0 Å². The van der Waals surface area contributed by atoms with Crippen molar-refractivity contribution in [2.24, 2.45) is 0 Å². The smallest absolute Gasteiger partial charge is 0.0643 e. The normalized spacial score (nSPS) is 16.8. The fraction of sp³-hybridized carbons (Fsp3) is 0.750. The molecule has 0 bridgehead atoms. The topological polar surface area (TPSA) is 47.6 Å². The Hall–Kier alpha value is -0.810. The molecule has 0 aromatic carbocycles. The highest BCUT2D eigenvalue weighted by Gasteiger charge is 2.41. The number of hydrogen-bond donors (Lipinski definition) is 0. The predicted molar refractivity (Wildman–Crippen MR) is 49.2 cm³/mol. The number of halogens is 2. The number of rotatable bonds is 4. The lowest BCUT2D eigenvalue weighted by Crippen LogP contribution is -2.26. The van der Waals surface area contributed by atoms with Gasteiger partial charge in [0, 0.05) is 12.7 Å². The summed E-state index contributed by atoms with van der Waals surface area (Å²) in [5.74, 6) is 0. The Morgan fingerprint density at radius 2 is 1.85 bits per heavy atom. The minimum absolute atomic E-state index is 0.0780. The number of hydrogen-bond acceptors (Lipinski definition) is 2. The first-order valence-electron chi connectivity index (χ1n) is 3.78. The fourth-order valence-electron chi connectivity index (χ4n) is 0.882. The molecular formula is C8H12F2N2S. The van der Waals surface area contributed by atoms with Crippen LogP contribution >= 0.6 is 10.8 Å². The first-order valence-corrected chi connectivity index (χ1v) is 5.62. The van der Waals surface area contributed by atoms with E-state index in [0.29, 0.717) is 0 Å². The van der Waals surface area contributed by atoms with Crippen LogP contribution in [0.4, 0.5) is 7.77 Å². The molecule has 0 aromatic rings. The van der Waals surface area contributed by atoms with Crippen LogP contribution in [0.1, 0.15) is 26.2 Å². The van der Waals surface area contributed by atoms with Crippen molar-refractivity contribution in [1.82, 2.24) is 0 Å². The van der Waals surface area contributed by atoms with Gasteiger partial charge in [-0.1, -0.05) is 0 Å². The molecule has 0 heterocycles. The van der Waals surface area contributed by atoms with Crippen LogP contribution in [0.25, 0.3) is 0 Å². The molecule has 1 atom stereocenters. The van der Waals surface area contributed by atoms with Crippen molar-refractivity contribution in [2.75, 3.05) is 6.26 Å². The zero-order valence-corrected chi connectivity index (χ0v) is 8.50. The fourth-order valence-corrected chi connectivity index (χ4v) is 1.66. The standard InChI is InChI=1S/C8H12F2N2S/c1-8(5-7-12,4-3-6-11)13(2,9)10/h3-5H2,1-2H3. The molecule has 0 radical (unpaired) electrons. The van der Waals surface area contributed by atoms with Crippen LogP contribution in [0.5, 0.6) is 0 Å². The molecule has 2 nitrogen and oxygen atoms in total. The SMILES string of the molecule is CC(CC#N)(CCC#N)S(C)(F)F. The maximum Gasteiger partial charge on any atom is 0.0643 e. The minimum atomic E-state index is -3.77. The van der Waals surface area contributed by atoms with Gasteiger partial charge >= 0.3 is 0 Å². The van der Waals surface area contributed by atoms with Gasteiger partial charge in [-0.3, -0.25) is 0 Å². The second kappa shape index (κ2) is 4.43. The molecule has 0 aliphatic heterocycles. The van der Waals surface area contributed by atoms with E-state index >= 15 is 0 Å². The van der Waals surface area contributed by atoms with Crippen LogP contribution < -0.4 is 0 Å². The van der Waals surface area contributed by atoms with E-state index in [1.165, 1.54) is 6.92 Å². The van der Waals surface area contributed by atoms with Crippen molar-refractivity contribution in [1.29, 1.82) is 10.5 Å². The van der Waals surface area contributed by atoms with E-state index in [1.54, 1.807) is 6.07 Å². The third kappa shape index (κ3) is 3.20. The maximum absolute atomic E-state index is 13.1. The van der Waals surface area contributed by atoms with Gasteiger partial charge in [0.2, 0.25) is 0 Å². The summed E-state index contributed by atoms with van der Waals surface area (Å²) >= 11 is 0. The molecule has 13 heavy (non-hydrogen) atoms. The lowest BCUT2D eigenvalue weighted by Gasteiger charge is -2.35. The Kier molecular flexibility index (Phi) is 4.16. The Bertz CT molecular complexity index is 248. The molecule has 0 fully saturated rings. The van der Waals surface area contributed by atoms with Gasteiger partial charge in [-0.2, -0.15) is 18.3 Å². The first-order chi connectivity index (χ1) is 5.87. The van der Waals surface area contributed by atoms with Crippen LogP contribution in [-0.2, 0) is 0 Å². The summed E-state index contributed by atoms with van der Waals surface area (Å²) in [6.45, 7) is 1.38. The van der Waals surface area contributed by atoms with Crippen LogP contribution in [0, 0.1) is 22.7 Å². The highest BCUT2D eigenvalue weighted by Crippen LogP contribution is 2.62. The van der Waals surface area contributed by atoms with E-state index in [4.69, 9.17) is 10.5 Å². The zero-order chi connectivity index (χ0) is 10.5. The van der Waals surface area contributed by atoms with Crippen molar-refractivity contribution >= 4 is 10.8 Å². The molecule has 0 aliphatic carbocycles. The quantitative estimate of drug-likeness (QED) is 0.709. The van der Waals surface area contributed by atoms with Gasteiger partial charge in [0.25, 0.3) is 0 Å².